The average Bonchev–Trinajstić information content (AvgIpc) is 3.49. The third kappa shape index (κ3) is 7.11. The number of methoxy groups -OCH3 is 1. The first kappa shape index (κ1) is 34.0. The van der Waals surface area contributed by atoms with Crippen LogP contribution in [0.2, 0.25) is 0 Å². The van der Waals surface area contributed by atoms with Crippen LogP contribution in [0.3, 0.4) is 0 Å². The van der Waals surface area contributed by atoms with Crippen LogP contribution in [-0.4, -0.2) is 86.5 Å². The molecule has 15 heteroatoms. The molecule has 2 amide bonds. The zero-order valence-electron chi connectivity index (χ0n) is 27.4. The molecule has 1 saturated carbocycles. The van der Waals surface area contributed by atoms with Crippen LogP contribution < -0.4 is 5.32 Å². The summed E-state index contributed by atoms with van der Waals surface area (Å²) < 4.78 is 42.2. The van der Waals surface area contributed by atoms with E-state index in [0.29, 0.717) is 19.1 Å². The summed E-state index contributed by atoms with van der Waals surface area (Å²) >= 11 is 0. The van der Waals surface area contributed by atoms with Gasteiger partial charge in [-0.05, 0) is 83.7 Å². The first-order chi connectivity index (χ1) is 24.5. The number of halogens is 3. The minimum atomic E-state index is -5.08. The zero-order chi connectivity index (χ0) is 35.9. The van der Waals surface area contributed by atoms with Gasteiger partial charge in [0.1, 0.15) is 11.9 Å². The first-order valence-corrected chi connectivity index (χ1v) is 16.6. The number of carboxylic acid groups (broad SMARTS) is 1. The number of aliphatic carboxylic acids is 1. The van der Waals surface area contributed by atoms with E-state index in [9.17, 15) is 22.8 Å². The van der Waals surface area contributed by atoms with Crippen molar-refractivity contribution in [2.24, 2.45) is 11.8 Å². The molecule has 12 nitrogen and oxygen atoms in total. The van der Waals surface area contributed by atoms with Crippen LogP contribution in [0.25, 0.3) is 44.2 Å². The van der Waals surface area contributed by atoms with Crippen LogP contribution in [-0.2, 0) is 19.1 Å². The number of amides is 2. The third-order valence-electron chi connectivity index (χ3n) is 9.86. The lowest BCUT2D eigenvalue weighted by atomic mass is 9.90. The van der Waals surface area contributed by atoms with E-state index in [-0.39, 0.29) is 23.9 Å². The van der Waals surface area contributed by atoms with Crippen LogP contribution in [0.15, 0.2) is 67.1 Å². The van der Waals surface area contributed by atoms with Gasteiger partial charge in [-0.2, -0.15) is 13.2 Å². The van der Waals surface area contributed by atoms with Gasteiger partial charge in [0.2, 0.25) is 5.91 Å². The van der Waals surface area contributed by atoms with Crippen LogP contribution in [0, 0.1) is 11.8 Å². The van der Waals surface area contributed by atoms with Gasteiger partial charge in [0, 0.05) is 24.8 Å². The van der Waals surface area contributed by atoms with Gasteiger partial charge in [0.25, 0.3) is 0 Å². The Kier molecular flexibility index (Phi) is 9.14. The maximum Gasteiger partial charge on any atom is 0.490 e. The van der Waals surface area contributed by atoms with Crippen molar-refractivity contribution in [2.45, 2.75) is 50.0 Å². The van der Waals surface area contributed by atoms with Gasteiger partial charge < -0.3 is 34.8 Å². The lowest BCUT2D eigenvalue weighted by molar-refractivity contribution is -0.192. The molecule has 0 unspecified atom stereocenters. The summed E-state index contributed by atoms with van der Waals surface area (Å²) in [6.07, 6.45) is 1.17. The highest BCUT2D eigenvalue weighted by Gasteiger charge is 2.56. The van der Waals surface area contributed by atoms with Crippen molar-refractivity contribution in [3.63, 3.8) is 0 Å². The number of likely N-dealkylation sites (tertiary alicyclic amines) is 1. The number of hydrogen-bond donors (Lipinski definition) is 4. The molecule has 2 saturated heterocycles. The van der Waals surface area contributed by atoms with Crippen molar-refractivity contribution in [1.29, 1.82) is 0 Å². The van der Waals surface area contributed by atoms with E-state index in [4.69, 9.17) is 24.4 Å². The minimum absolute atomic E-state index is 0.00561. The Morgan fingerprint density at radius 1 is 1.00 bits per heavy atom. The van der Waals surface area contributed by atoms with Crippen molar-refractivity contribution in [3.8, 4) is 22.4 Å². The summed E-state index contributed by atoms with van der Waals surface area (Å²) in [5.41, 5.74) is 6.12. The molecule has 5 aromatic rings. The second kappa shape index (κ2) is 13.7. The Morgan fingerprint density at radius 3 is 2.33 bits per heavy atom. The van der Waals surface area contributed by atoms with Crippen LogP contribution in [0.4, 0.5) is 18.0 Å². The normalized spacial score (nSPS) is 20.7. The van der Waals surface area contributed by atoms with E-state index in [1.807, 2.05) is 17.2 Å². The summed E-state index contributed by atoms with van der Waals surface area (Å²) in [7, 11) is 1.33. The molecule has 4 N–H and O–H groups in total. The monoisotopic (exact) mass is 704 g/mol. The van der Waals surface area contributed by atoms with E-state index in [2.05, 4.69) is 68.8 Å². The van der Waals surface area contributed by atoms with Gasteiger partial charge in [-0.15, -0.1) is 0 Å². The number of rotatable bonds is 6. The number of fused-ring (bicyclic) bond motifs is 3. The Bertz CT molecular complexity index is 2080. The zero-order valence-corrected chi connectivity index (χ0v) is 27.4. The Labute approximate surface area is 289 Å². The summed E-state index contributed by atoms with van der Waals surface area (Å²) in [4.78, 5) is 53.1. The van der Waals surface area contributed by atoms with Crippen LogP contribution in [0.5, 0.6) is 0 Å². The van der Waals surface area contributed by atoms with Gasteiger partial charge in [-0.1, -0.05) is 30.3 Å². The number of H-pyrrole nitrogens is 2. The second-order valence-electron chi connectivity index (χ2n) is 13.0. The molecule has 3 aliphatic rings. The van der Waals surface area contributed by atoms with Crippen molar-refractivity contribution in [1.82, 2.24) is 30.2 Å². The van der Waals surface area contributed by atoms with E-state index in [1.54, 1.807) is 6.33 Å². The number of piperidine rings is 1. The maximum absolute atomic E-state index is 14.1. The second-order valence-corrected chi connectivity index (χ2v) is 13.0. The number of aromatic nitrogens is 4. The molecule has 2 aromatic heterocycles. The molecule has 3 aromatic carbocycles. The molecule has 8 rings (SSSR count). The largest absolute Gasteiger partial charge is 0.490 e. The molecule has 0 spiro atoms. The Morgan fingerprint density at radius 2 is 1.67 bits per heavy atom. The fraction of sp³-hybridized carbons (Fsp3) is 0.361. The van der Waals surface area contributed by atoms with E-state index in [1.165, 1.54) is 7.11 Å². The highest BCUT2D eigenvalue weighted by Crippen LogP contribution is 2.53. The van der Waals surface area contributed by atoms with Crippen LogP contribution in [0.1, 0.15) is 37.5 Å². The SMILES string of the molecule is COC(=O)N[C@H](C(=O)N1[C@@H]2C[C@@H]2C[C@H]1c1nc2ccc(-c3ccc4cc(-c5cnc[nH]5)ccc4c3)cc2[nH]1)C1CCOCC1.O=C(O)C(F)(F)F. The number of aromatic amines is 2. The molecule has 3 fully saturated rings. The molecule has 4 atom stereocenters. The third-order valence-corrected chi connectivity index (χ3v) is 9.86. The van der Waals surface area contributed by atoms with E-state index >= 15 is 0 Å². The molecule has 51 heavy (non-hydrogen) atoms. The topological polar surface area (TPSA) is 163 Å². The molecular formula is C36H35F3N6O6. The molecule has 266 valence electrons. The van der Waals surface area contributed by atoms with Crippen LogP contribution >= 0.6 is 0 Å². The molecule has 2 aliphatic heterocycles. The van der Waals surface area contributed by atoms with Crippen molar-refractivity contribution in [2.75, 3.05) is 20.3 Å². The number of carboxylic acids is 1. The fourth-order valence-electron chi connectivity index (χ4n) is 7.17. The Balaban J connectivity index is 0.000000529. The molecular weight excluding hydrogens is 669 g/mol. The summed E-state index contributed by atoms with van der Waals surface area (Å²) in [5.74, 6) is -1.54. The average molecular weight is 705 g/mol. The van der Waals surface area contributed by atoms with Gasteiger partial charge in [0.15, 0.2) is 0 Å². The summed E-state index contributed by atoms with van der Waals surface area (Å²) in [6, 6.07) is 18.6. The molecule has 1 aliphatic carbocycles. The number of nitrogens with zero attached hydrogens (tertiary/aromatic N) is 3. The van der Waals surface area contributed by atoms with E-state index < -0.39 is 24.3 Å². The molecule has 0 radical (unpaired) electrons. The van der Waals surface area contributed by atoms with Crippen molar-refractivity contribution < 1.29 is 42.1 Å². The van der Waals surface area contributed by atoms with E-state index in [0.717, 1.165) is 75.7 Å². The Hall–Kier alpha value is -5.44. The number of carbonyl (C=O) groups is 3. The number of ether oxygens (including phenoxy) is 2. The van der Waals surface area contributed by atoms with Gasteiger partial charge >= 0.3 is 18.2 Å². The number of benzene rings is 3. The number of carbonyl (C=O) groups excluding carboxylic acids is 2. The predicted molar refractivity (Wildman–Crippen MR) is 179 cm³/mol. The molecule has 0 bridgehead atoms. The lowest BCUT2D eigenvalue weighted by Crippen LogP contribution is -2.54. The van der Waals surface area contributed by atoms with Crippen molar-refractivity contribution >= 4 is 39.8 Å². The predicted octanol–water partition coefficient (Wildman–Crippen LogP) is 6.22. The van der Waals surface area contributed by atoms with Crippen molar-refractivity contribution in [3.05, 3.63) is 72.9 Å². The first-order valence-electron chi connectivity index (χ1n) is 16.6. The lowest BCUT2D eigenvalue weighted by Gasteiger charge is -2.35. The molecule has 4 heterocycles. The summed E-state index contributed by atoms with van der Waals surface area (Å²) in [6.45, 7) is 1.17. The smallest absolute Gasteiger partial charge is 0.475 e. The summed E-state index contributed by atoms with van der Waals surface area (Å²) in [5, 5.41) is 12.3. The van der Waals surface area contributed by atoms with Gasteiger partial charge in [-0.25, -0.2) is 19.6 Å². The van der Waals surface area contributed by atoms with Gasteiger partial charge in [0.05, 0.1) is 42.4 Å². The highest BCUT2D eigenvalue weighted by atomic mass is 19.4. The number of alkyl halides is 3. The minimum Gasteiger partial charge on any atom is -0.475 e. The van der Waals surface area contributed by atoms with Gasteiger partial charge in [-0.3, -0.25) is 4.79 Å². The number of alkyl carbamates (subject to hydrolysis) is 1. The number of nitrogens with one attached hydrogen (secondary N) is 3. The highest BCUT2D eigenvalue weighted by molar-refractivity contribution is 5.92. The number of imidazole rings is 2. The quantitative estimate of drug-likeness (QED) is 0.162. The standard InChI is InChI=1S/C34H34N6O4.C2HF3O2/c1-43-34(42)39-31(19-8-10-44-11-9-19)33(41)40-29-15-25(29)16-30(40)32-37-26-7-6-23(14-27(26)38-32)21-2-3-22-13-24(5-4-20(22)12-21)28-17-35-18-36-28;3-2(4,5)1(6)7/h2-7,12-14,17-19,25,29-31H,8-11,15-16H2,1H3,(H,35,36)(H,37,38)(H,39,42);(H,6,7)/t25-,29-,30+,31+;/m1./s1. The fourth-order valence-corrected chi connectivity index (χ4v) is 7.17. The number of hydrogen-bond acceptors (Lipinski definition) is 7. The maximum atomic E-state index is 14.1.